The SMILES string of the molecule is O=CC1CCC(Cc2ccccc2)C(O)C1. The first-order chi connectivity index (χ1) is 7.79. The molecule has 0 amide bonds. The summed E-state index contributed by atoms with van der Waals surface area (Å²) in [4.78, 5) is 10.7. The minimum absolute atomic E-state index is 0.0713. The van der Waals surface area contributed by atoms with Crippen LogP contribution in [0.4, 0.5) is 0 Å². The number of hydrogen-bond donors (Lipinski definition) is 1. The maximum atomic E-state index is 10.7. The molecule has 0 aromatic heterocycles. The number of aldehydes is 1. The molecule has 3 unspecified atom stereocenters. The number of carbonyl (C=O) groups is 1. The molecule has 2 nitrogen and oxygen atoms in total. The van der Waals surface area contributed by atoms with Gasteiger partial charge in [0.05, 0.1) is 6.10 Å². The summed E-state index contributed by atoms with van der Waals surface area (Å²) in [7, 11) is 0. The average Bonchev–Trinajstić information content (AvgIpc) is 2.33. The van der Waals surface area contributed by atoms with E-state index in [4.69, 9.17) is 0 Å². The fourth-order valence-corrected chi connectivity index (χ4v) is 2.52. The van der Waals surface area contributed by atoms with E-state index in [0.29, 0.717) is 12.3 Å². The zero-order valence-electron chi connectivity index (χ0n) is 9.38. The van der Waals surface area contributed by atoms with Gasteiger partial charge in [0, 0.05) is 5.92 Å². The molecule has 1 aromatic rings. The Morgan fingerprint density at radius 3 is 2.62 bits per heavy atom. The summed E-state index contributed by atoms with van der Waals surface area (Å²) in [6.07, 6.45) is 4.12. The van der Waals surface area contributed by atoms with Crippen LogP contribution in [0.2, 0.25) is 0 Å². The highest BCUT2D eigenvalue weighted by atomic mass is 16.3. The fourth-order valence-electron chi connectivity index (χ4n) is 2.52. The van der Waals surface area contributed by atoms with Crippen LogP contribution in [0.1, 0.15) is 24.8 Å². The summed E-state index contributed by atoms with van der Waals surface area (Å²) in [5.41, 5.74) is 1.27. The average molecular weight is 218 g/mol. The predicted octanol–water partition coefficient (Wildman–Crippen LogP) is 2.21. The van der Waals surface area contributed by atoms with Crippen LogP contribution >= 0.6 is 0 Å². The Balaban J connectivity index is 1.94. The van der Waals surface area contributed by atoms with Crippen LogP contribution < -0.4 is 0 Å². The minimum Gasteiger partial charge on any atom is -0.393 e. The van der Waals surface area contributed by atoms with Crippen molar-refractivity contribution in [3.05, 3.63) is 35.9 Å². The molecule has 0 radical (unpaired) electrons. The number of aliphatic hydroxyl groups is 1. The number of carbonyl (C=O) groups excluding carboxylic acids is 1. The molecule has 2 rings (SSSR count). The predicted molar refractivity (Wildman–Crippen MR) is 63.0 cm³/mol. The second kappa shape index (κ2) is 5.26. The van der Waals surface area contributed by atoms with Crippen LogP contribution in [0.3, 0.4) is 0 Å². The number of hydrogen-bond acceptors (Lipinski definition) is 2. The van der Waals surface area contributed by atoms with Gasteiger partial charge in [0.15, 0.2) is 0 Å². The molecule has 86 valence electrons. The van der Waals surface area contributed by atoms with Gasteiger partial charge in [0.25, 0.3) is 0 Å². The maximum Gasteiger partial charge on any atom is 0.123 e. The third-order valence-corrected chi connectivity index (χ3v) is 3.53. The molecule has 1 N–H and O–H groups in total. The number of aliphatic hydroxyl groups excluding tert-OH is 1. The molecule has 0 aliphatic heterocycles. The van der Waals surface area contributed by atoms with E-state index >= 15 is 0 Å². The first-order valence-corrected chi connectivity index (χ1v) is 5.97. The van der Waals surface area contributed by atoms with Gasteiger partial charge in [-0.2, -0.15) is 0 Å². The molecule has 16 heavy (non-hydrogen) atoms. The van der Waals surface area contributed by atoms with Crippen LogP contribution in [0.25, 0.3) is 0 Å². The molecule has 3 atom stereocenters. The maximum absolute atomic E-state index is 10.7. The summed E-state index contributed by atoms with van der Waals surface area (Å²) >= 11 is 0. The Labute approximate surface area is 96.3 Å². The summed E-state index contributed by atoms with van der Waals surface area (Å²) in [5.74, 6) is 0.389. The molecule has 0 bridgehead atoms. The molecule has 1 saturated carbocycles. The van der Waals surface area contributed by atoms with Crippen molar-refractivity contribution >= 4 is 6.29 Å². The molecule has 0 spiro atoms. The number of rotatable bonds is 3. The monoisotopic (exact) mass is 218 g/mol. The second-order valence-corrected chi connectivity index (χ2v) is 4.73. The summed E-state index contributed by atoms with van der Waals surface area (Å²) in [5, 5.41) is 9.97. The van der Waals surface area contributed by atoms with Gasteiger partial charge < -0.3 is 9.90 Å². The third kappa shape index (κ3) is 2.70. The van der Waals surface area contributed by atoms with Crippen LogP contribution in [0.5, 0.6) is 0 Å². The minimum atomic E-state index is -0.316. The zero-order valence-corrected chi connectivity index (χ0v) is 9.38. The van der Waals surface area contributed by atoms with E-state index in [1.807, 2.05) is 18.2 Å². The van der Waals surface area contributed by atoms with Crippen molar-refractivity contribution in [2.75, 3.05) is 0 Å². The van der Waals surface area contributed by atoms with Crippen molar-refractivity contribution in [2.24, 2.45) is 11.8 Å². The standard InChI is InChI=1S/C14H18O2/c15-10-12-6-7-13(14(16)9-12)8-11-4-2-1-3-5-11/h1-5,10,12-14,16H,6-9H2. The van der Waals surface area contributed by atoms with Crippen LogP contribution in [0.15, 0.2) is 30.3 Å². The van der Waals surface area contributed by atoms with Crippen LogP contribution in [-0.4, -0.2) is 17.5 Å². The van der Waals surface area contributed by atoms with Gasteiger partial charge in [-0.05, 0) is 37.2 Å². The van der Waals surface area contributed by atoms with E-state index in [1.165, 1.54) is 5.56 Å². The summed E-state index contributed by atoms with van der Waals surface area (Å²) < 4.78 is 0. The van der Waals surface area contributed by atoms with Crippen molar-refractivity contribution in [2.45, 2.75) is 31.8 Å². The summed E-state index contributed by atoms with van der Waals surface area (Å²) in [6, 6.07) is 10.2. The van der Waals surface area contributed by atoms with Crippen molar-refractivity contribution < 1.29 is 9.90 Å². The molecule has 1 fully saturated rings. The van der Waals surface area contributed by atoms with Gasteiger partial charge in [-0.15, -0.1) is 0 Å². The van der Waals surface area contributed by atoms with E-state index < -0.39 is 0 Å². The van der Waals surface area contributed by atoms with E-state index in [2.05, 4.69) is 12.1 Å². The molecular weight excluding hydrogens is 200 g/mol. The second-order valence-electron chi connectivity index (χ2n) is 4.73. The fraction of sp³-hybridized carbons (Fsp3) is 0.500. The van der Waals surface area contributed by atoms with Crippen molar-refractivity contribution in [3.8, 4) is 0 Å². The molecule has 1 aliphatic rings. The van der Waals surface area contributed by atoms with Gasteiger partial charge in [-0.25, -0.2) is 0 Å². The van der Waals surface area contributed by atoms with Gasteiger partial charge in [-0.3, -0.25) is 0 Å². The summed E-state index contributed by atoms with van der Waals surface area (Å²) in [6.45, 7) is 0. The highest BCUT2D eigenvalue weighted by Crippen LogP contribution is 2.30. The molecule has 1 aliphatic carbocycles. The van der Waals surface area contributed by atoms with E-state index in [-0.39, 0.29) is 12.0 Å². The highest BCUT2D eigenvalue weighted by Gasteiger charge is 2.28. The quantitative estimate of drug-likeness (QED) is 0.790. The van der Waals surface area contributed by atoms with E-state index in [0.717, 1.165) is 25.5 Å². The number of benzene rings is 1. The van der Waals surface area contributed by atoms with Crippen molar-refractivity contribution in [1.82, 2.24) is 0 Å². The third-order valence-electron chi connectivity index (χ3n) is 3.53. The highest BCUT2D eigenvalue weighted by molar-refractivity contribution is 5.53. The molecular formula is C14H18O2. The van der Waals surface area contributed by atoms with Crippen LogP contribution in [-0.2, 0) is 11.2 Å². The van der Waals surface area contributed by atoms with Gasteiger partial charge in [0.2, 0.25) is 0 Å². The molecule has 1 aromatic carbocycles. The van der Waals surface area contributed by atoms with Gasteiger partial charge >= 0.3 is 0 Å². The normalized spacial score (nSPS) is 29.9. The molecule has 2 heteroatoms. The smallest absolute Gasteiger partial charge is 0.123 e. The van der Waals surface area contributed by atoms with Gasteiger partial charge in [-0.1, -0.05) is 30.3 Å². The molecule has 0 saturated heterocycles. The van der Waals surface area contributed by atoms with Crippen molar-refractivity contribution in [1.29, 1.82) is 0 Å². The topological polar surface area (TPSA) is 37.3 Å². The first-order valence-electron chi connectivity index (χ1n) is 5.97. The van der Waals surface area contributed by atoms with E-state index in [9.17, 15) is 9.90 Å². The van der Waals surface area contributed by atoms with Crippen molar-refractivity contribution in [3.63, 3.8) is 0 Å². The Bertz CT molecular complexity index is 334. The van der Waals surface area contributed by atoms with Gasteiger partial charge in [0.1, 0.15) is 6.29 Å². The Morgan fingerprint density at radius 1 is 1.25 bits per heavy atom. The van der Waals surface area contributed by atoms with E-state index in [1.54, 1.807) is 0 Å². The zero-order chi connectivity index (χ0) is 11.4. The Hall–Kier alpha value is -1.15. The lowest BCUT2D eigenvalue weighted by Gasteiger charge is -2.30. The molecule has 0 heterocycles. The Kier molecular flexibility index (Phi) is 3.73. The van der Waals surface area contributed by atoms with Crippen LogP contribution in [0, 0.1) is 11.8 Å². The first kappa shape index (κ1) is 11.3. The largest absolute Gasteiger partial charge is 0.393 e. The Morgan fingerprint density at radius 2 is 2.00 bits per heavy atom. The lowest BCUT2D eigenvalue weighted by atomic mass is 9.78. The lowest BCUT2D eigenvalue weighted by Crippen LogP contribution is -2.31. The lowest BCUT2D eigenvalue weighted by molar-refractivity contribution is -0.113.